The Bertz CT molecular complexity index is 796. The van der Waals surface area contributed by atoms with E-state index in [9.17, 15) is 9.59 Å². The van der Waals surface area contributed by atoms with Gasteiger partial charge in [0.25, 0.3) is 11.8 Å². The van der Waals surface area contributed by atoms with Crippen LogP contribution in [-0.2, 0) is 16.1 Å². The second-order valence-corrected chi connectivity index (χ2v) is 7.51. The van der Waals surface area contributed by atoms with E-state index in [4.69, 9.17) is 4.42 Å². The molecule has 7 nitrogen and oxygen atoms in total. The lowest BCUT2D eigenvalue weighted by molar-refractivity contribution is -1.00. The molecule has 28 heavy (non-hydrogen) atoms. The molecule has 0 unspecified atom stereocenters. The van der Waals surface area contributed by atoms with E-state index in [1.54, 1.807) is 6.26 Å². The van der Waals surface area contributed by atoms with E-state index in [1.165, 1.54) is 15.4 Å². The second-order valence-electron chi connectivity index (χ2n) is 7.51. The first kappa shape index (κ1) is 20.1. The minimum atomic E-state index is 0.0301. The summed E-state index contributed by atoms with van der Waals surface area (Å²) < 4.78 is 5.22. The highest BCUT2D eigenvalue weighted by Crippen LogP contribution is 2.17. The Morgan fingerprint density at radius 2 is 1.64 bits per heavy atom. The van der Waals surface area contributed by atoms with Gasteiger partial charge in [0, 0.05) is 5.69 Å². The Kier molecular flexibility index (Phi) is 6.84. The average Bonchev–Trinajstić information content (AvgIpc) is 3.19. The van der Waals surface area contributed by atoms with Crippen molar-refractivity contribution in [3.8, 4) is 0 Å². The monoisotopic (exact) mass is 386 g/mol. The maximum atomic E-state index is 12.4. The zero-order valence-corrected chi connectivity index (χ0v) is 16.6. The van der Waals surface area contributed by atoms with Gasteiger partial charge in [0.05, 0.1) is 12.8 Å². The number of quaternary nitrogens is 2. The van der Waals surface area contributed by atoms with E-state index >= 15 is 0 Å². The van der Waals surface area contributed by atoms with Crippen molar-refractivity contribution in [1.82, 2.24) is 5.32 Å². The van der Waals surface area contributed by atoms with Crippen molar-refractivity contribution in [3.63, 3.8) is 0 Å². The molecule has 0 spiro atoms. The van der Waals surface area contributed by atoms with Gasteiger partial charge in [0.2, 0.25) is 0 Å². The number of rotatable bonds is 7. The summed E-state index contributed by atoms with van der Waals surface area (Å²) in [6, 6.07) is 9.61. The molecule has 4 N–H and O–H groups in total. The van der Waals surface area contributed by atoms with Gasteiger partial charge in [-0.25, -0.2) is 0 Å². The number of furan rings is 1. The maximum Gasteiger partial charge on any atom is 0.279 e. The molecule has 0 atom stereocenters. The number of nitrogens with one attached hydrogen (secondary N) is 4. The van der Waals surface area contributed by atoms with E-state index < -0.39 is 0 Å². The number of hydrogen-bond donors (Lipinski definition) is 4. The zero-order chi connectivity index (χ0) is 19.9. The maximum absolute atomic E-state index is 12.4. The van der Waals surface area contributed by atoms with Crippen LogP contribution in [0.3, 0.4) is 0 Å². The van der Waals surface area contributed by atoms with Crippen LogP contribution in [0.4, 0.5) is 5.69 Å². The van der Waals surface area contributed by atoms with E-state index in [-0.39, 0.29) is 11.8 Å². The molecule has 2 heterocycles. The van der Waals surface area contributed by atoms with Crippen LogP contribution >= 0.6 is 0 Å². The molecule has 1 aliphatic rings. The van der Waals surface area contributed by atoms with Gasteiger partial charge in [0.15, 0.2) is 13.1 Å². The molecule has 1 fully saturated rings. The van der Waals surface area contributed by atoms with Crippen molar-refractivity contribution >= 4 is 17.5 Å². The predicted molar refractivity (Wildman–Crippen MR) is 106 cm³/mol. The number of amides is 2. The third-order valence-corrected chi connectivity index (χ3v) is 5.40. The van der Waals surface area contributed by atoms with Crippen molar-refractivity contribution in [1.29, 1.82) is 0 Å². The Morgan fingerprint density at radius 1 is 0.964 bits per heavy atom. The molecular formula is C21H30N4O3+2. The fourth-order valence-electron chi connectivity index (χ4n) is 3.51. The third kappa shape index (κ3) is 5.68. The standard InChI is InChI=1S/C21H28N4O3/c1-16-5-3-7-19(17(16)2)23-21(27)15-25-10-8-24(9-11-25)14-20(26)22-13-18-6-4-12-28-18/h3-7,12H,8-11,13-15H2,1-2H3,(H,22,26)(H,23,27)/p+2. The Labute approximate surface area is 165 Å². The fourth-order valence-corrected chi connectivity index (χ4v) is 3.51. The van der Waals surface area contributed by atoms with Crippen LogP contribution in [-0.4, -0.2) is 51.1 Å². The van der Waals surface area contributed by atoms with Gasteiger partial charge in [-0.1, -0.05) is 12.1 Å². The van der Waals surface area contributed by atoms with Gasteiger partial charge in [-0.05, 0) is 43.2 Å². The summed E-state index contributed by atoms with van der Waals surface area (Å²) >= 11 is 0. The van der Waals surface area contributed by atoms with Crippen LogP contribution in [0.2, 0.25) is 0 Å². The number of aryl methyl sites for hydroxylation is 1. The Balaban J connectivity index is 1.37. The molecule has 1 aliphatic heterocycles. The smallest absolute Gasteiger partial charge is 0.279 e. The molecular weight excluding hydrogens is 356 g/mol. The van der Waals surface area contributed by atoms with Crippen LogP contribution in [0.5, 0.6) is 0 Å². The van der Waals surface area contributed by atoms with Crippen LogP contribution in [0.25, 0.3) is 0 Å². The van der Waals surface area contributed by atoms with Crippen LogP contribution in [0, 0.1) is 13.8 Å². The molecule has 1 saturated heterocycles. The summed E-state index contributed by atoms with van der Waals surface area (Å²) in [4.78, 5) is 27.0. The van der Waals surface area contributed by atoms with Gasteiger partial charge in [-0.15, -0.1) is 0 Å². The first-order valence-corrected chi connectivity index (χ1v) is 9.83. The summed E-state index contributed by atoms with van der Waals surface area (Å²) in [5.41, 5.74) is 3.18. The van der Waals surface area contributed by atoms with Crippen molar-refractivity contribution in [3.05, 3.63) is 53.5 Å². The molecule has 1 aromatic heterocycles. The summed E-state index contributed by atoms with van der Waals surface area (Å²) in [6.07, 6.45) is 1.60. The molecule has 150 valence electrons. The van der Waals surface area contributed by atoms with Gasteiger partial charge in [-0.2, -0.15) is 0 Å². The first-order chi connectivity index (χ1) is 13.5. The summed E-state index contributed by atoms with van der Waals surface area (Å²) in [5, 5.41) is 5.92. The predicted octanol–water partition coefficient (Wildman–Crippen LogP) is -1.07. The summed E-state index contributed by atoms with van der Waals surface area (Å²) in [6.45, 7) is 8.98. The van der Waals surface area contributed by atoms with E-state index in [2.05, 4.69) is 10.6 Å². The number of carbonyl (C=O) groups is 2. The van der Waals surface area contributed by atoms with Crippen molar-refractivity contribution in [2.24, 2.45) is 0 Å². The van der Waals surface area contributed by atoms with Gasteiger partial charge < -0.3 is 24.9 Å². The highest BCUT2D eigenvalue weighted by molar-refractivity contribution is 5.92. The zero-order valence-electron chi connectivity index (χ0n) is 16.6. The number of piperazine rings is 1. The quantitative estimate of drug-likeness (QED) is 0.490. The molecule has 7 heteroatoms. The molecule has 2 aromatic rings. The minimum absolute atomic E-state index is 0.0301. The lowest BCUT2D eigenvalue weighted by atomic mass is 10.1. The van der Waals surface area contributed by atoms with Crippen molar-refractivity contribution < 1.29 is 23.8 Å². The van der Waals surface area contributed by atoms with E-state index in [0.29, 0.717) is 19.6 Å². The van der Waals surface area contributed by atoms with Crippen LogP contribution < -0.4 is 20.4 Å². The van der Waals surface area contributed by atoms with Crippen LogP contribution in [0.15, 0.2) is 41.0 Å². The highest BCUT2D eigenvalue weighted by Gasteiger charge is 2.26. The van der Waals surface area contributed by atoms with Gasteiger partial charge >= 0.3 is 0 Å². The molecule has 0 saturated carbocycles. The molecule has 0 bridgehead atoms. The highest BCUT2D eigenvalue weighted by atomic mass is 16.3. The second kappa shape index (κ2) is 9.52. The topological polar surface area (TPSA) is 80.2 Å². The SMILES string of the molecule is Cc1cccc(NC(=O)C[NH+]2CC[NH+](CC(=O)NCc3ccco3)CC2)c1C. The van der Waals surface area contributed by atoms with Crippen LogP contribution in [0.1, 0.15) is 16.9 Å². The number of anilines is 1. The molecule has 0 aliphatic carbocycles. The Morgan fingerprint density at radius 3 is 2.29 bits per heavy atom. The lowest BCUT2D eigenvalue weighted by Crippen LogP contribution is -3.28. The van der Waals surface area contributed by atoms with Gasteiger partial charge in [-0.3, -0.25) is 9.59 Å². The summed E-state index contributed by atoms with van der Waals surface area (Å²) in [7, 11) is 0. The number of hydrogen-bond acceptors (Lipinski definition) is 3. The Hall–Kier alpha value is -2.64. The minimum Gasteiger partial charge on any atom is -0.467 e. The first-order valence-electron chi connectivity index (χ1n) is 9.83. The molecule has 0 radical (unpaired) electrons. The number of benzene rings is 1. The largest absolute Gasteiger partial charge is 0.467 e. The summed E-state index contributed by atoms with van der Waals surface area (Å²) in [5.74, 6) is 0.832. The molecule has 1 aromatic carbocycles. The average molecular weight is 386 g/mol. The normalized spacial score (nSPS) is 19.2. The van der Waals surface area contributed by atoms with E-state index in [0.717, 1.165) is 43.2 Å². The van der Waals surface area contributed by atoms with Crippen molar-refractivity contribution in [2.75, 3.05) is 44.6 Å². The molecule has 3 rings (SSSR count). The molecule has 2 amide bonds. The fraction of sp³-hybridized carbons (Fsp3) is 0.429. The van der Waals surface area contributed by atoms with Gasteiger partial charge in [0.1, 0.15) is 31.9 Å². The van der Waals surface area contributed by atoms with E-state index in [1.807, 2.05) is 44.2 Å². The third-order valence-electron chi connectivity index (χ3n) is 5.40. The van der Waals surface area contributed by atoms with Crippen molar-refractivity contribution in [2.45, 2.75) is 20.4 Å². The number of carbonyl (C=O) groups excluding carboxylic acids is 2. The lowest BCUT2D eigenvalue weighted by Gasteiger charge is -2.29.